The third kappa shape index (κ3) is 6.77. The lowest BCUT2D eigenvalue weighted by molar-refractivity contribution is -0.155. The first kappa shape index (κ1) is 25.2. The zero-order valence-corrected chi connectivity index (χ0v) is 20.3. The molecule has 1 aliphatic rings. The van der Waals surface area contributed by atoms with E-state index in [0.717, 1.165) is 29.4 Å². The minimum Gasteiger partial charge on any atom is -0.377 e. The highest BCUT2D eigenvalue weighted by atomic mass is 16.5. The topological polar surface area (TPSA) is 108 Å². The number of aromatic nitrogens is 2. The number of amides is 2. The molecule has 3 N–H and O–H groups in total. The fourth-order valence-corrected chi connectivity index (χ4v) is 4.66. The van der Waals surface area contributed by atoms with Crippen LogP contribution in [0.1, 0.15) is 77.2 Å². The van der Waals surface area contributed by atoms with Crippen molar-refractivity contribution in [2.45, 2.75) is 72.4 Å². The highest BCUT2D eigenvalue weighted by Gasteiger charge is 2.34. The predicted octanol–water partition coefficient (Wildman–Crippen LogP) is 4.35. The quantitative estimate of drug-likeness (QED) is 0.264. The minimum atomic E-state index is -0.477. The number of rotatable bonds is 11. The van der Waals surface area contributed by atoms with Crippen molar-refractivity contribution < 1.29 is 19.5 Å². The number of aromatic amines is 1. The maximum Gasteiger partial charge on any atom is 0.233 e. The van der Waals surface area contributed by atoms with E-state index in [9.17, 15) is 14.8 Å². The van der Waals surface area contributed by atoms with Gasteiger partial charge >= 0.3 is 0 Å². The minimum absolute atomic E-state index is 0.0103. The van der Waals surface area contributed by atoms with Gasteiger partial charge in [-0.1, -0.05) is 52.5 Å². The molecular weight excluding hydrogens is 420 g/mol. The average molecular weight is 459 g/mol. The van der Waals surface area contributed by atoms with Gasteiger partial charge in [0.05, 0.1) is 36.1 Å². The van der Waals surface area contributed by atoms with Crippen LogP contribution in [0, 0.1) is 17.3 Å². The van der Waals surface area contributed by atoms with E-state index in [1.54, 1.807) is 0 Å². The number of hydrogen-bond donors (Lipinski definition) is 3. The van der Waals surface area contributed by atoms with Crippen LogP contribution in [0.5, 0.6) is 0 Å². The first-order chi connectivity index (χ1) is 15.7. The van der Waals surface area contributed by atoms with Gasteiger partial charge in [0.1, 0.15) is 5.82 Å². The van der Waals surface area contributed by atoms with Gasteiger partial charge in [0, 0.05) is 6.61 Å². The van der Waals surface area contributed by atoms with E-state index in [-0.39, 0.29) is 23.9 Å². The Morgan fingerprint density at radius 3 is 2.73 bits per heavy atom. The Balaban J connectivity index is 1.82. The van der Waals surface area contributed by atoms with Gasteiger partial charge in [0.15, 0.2) is 0 Å². The fraction of sp³-hybridized carbons (Fsp3) is 0.640. The Morgan fingerprint density at radius 2 is 2.09 bits per heavy atom. The molecule has 1 unspecified atom stereocenters. The van der Waals surface area contributed by atoms with Crippen molar-refractivity contribution in [3.05, 3.63) is 29.6 Å². The molecule has 1 aromatic carbocycles. The summed E-state index contributed by atoms with van der Waals surface area (Å²) in [6, 6.07) is 5.63. The largest absolute Gasteiger partial charge is 0.377 e. The molecule has 1 fully saturated rings. The van der Waals surface area contributed by atoms with E-state index in [1.807, 2.05) is 25.1 Å². The number of nitrogens with one attached hydrogen (secondary N) is 2. The van der Waals surface area contributed by atoms with E-state index in [2.05, 4.69) is 31.1 Å². The van der Waals surface area contributed by atoms with E-state index in [1.165, 1.54) is 12.8 Å². The number of ether oxygens (including phenoxy) is 1. The van der Waals surface area contributed by atoms with Crippen LogP contribution < -0.4 is 5.32 Å². The second-order valence-electron chi connectivity index (χ2n) is 10.2. The number of nitrogens with zero attached hydrogens (tertiary/aromatic N) is 2. The third-order valence-corrected chi connectivity index (χ3v) is 6.46. The molecule has 2 atom stereocenters. The van der Waals surface area contributed by atoms with Crippen molar-refractivity contribution in [3.63, 3.8) is 0 Å². The first-order valence-electron chi connectivity index (χ1n) is 12.0. The number of hydroxylamine groups is 2. The summed E-state index contributed by atoms with van der Waals surface area (Å²) in [4.78, 5) is 32.6. The van der Waals surface area contributed by atoms with Gasteiger partial charge in [-0.25, -0.2) is 10.0 Å². The fourth-order valence-electron chi connectivity index (χ4n) is 4.66. The van der Waals surface area contributed by atoms with E-state index < -0.39 is 5.92 Å². The lowest BCUT2D eigenvalue weighted by Gasteiger charge is -2.32. The summed E-state index contributed by atoms with van der Waals surface area (Å²) >= 11 is 0. The molecule has 0 bridgehead atoms. The summed E-state index contributed by atoms with van der Waals surface area (Å²) in [6.45, 7) is 9.32. The monoisotopic (exact) mass is 458 g/mol. The molecule has 1 heterocycles. The summed E-state index contributed by atoms with van der Waals surface area (Å²) in [6.07, 6.45) is 5.54. The SMILES string of the molecule is CCOCc1ccc2nc([C@@H](NC(=O)C(CC3CCCC3)CN(O)C=O)C(C)(C)C)[nH]c2c1. The van der Waals surface area contributed by atoms with Crippen molar-refractivity contribution in [2.24, 2.45) is 17.3 Å². The van der Waals surface area contributed by atoms with Gasteiger partial charge in [-0.15, -0.1) is 0 Å². The van der Waals surface area contributed by atoms with Crippen LogP contribution in [0.3, 0.4) is 0 Å². The number of carbonyl (C=O) groups excluding carboxylic acids is 2. The number of imidazole rings is 1. The predicted molar refractivity (Wildman–Crippen MR) is 126 cm³/mol. The van der Waals surface area contributed by atoms with Crippen molar-refractivity contribution in [1.82, 2.24) is 20.3 Å². The molecule has 1 saturated carbocycles. The van der Waals surface area contributed by atoms with Gasteiger partial charge in [-0.05, 0) is 42.4 Å². The number of H-pyrrole nitrogens is 1. The summed E-state index contributed by atoms with van der Waals surface area (Å²) < 4.78 is 5.51. The van der Waals surface area contributed by atoms with Gasteiger partial charge in [0.2, 0.25) is 12.3 Å². The molecule has 0 saturated heterocycles. The second-order valence-corrected chi connectivity index (χ2v) is 10.2. The van der Waals surface area contributed by atoms with Crippen molar-refractivity contribution in [2.75, 3.05) is 13.2 Å². The van der Waals surface area contributed by atoms with Crippen LogP contribution >= 0.6 is 0 Å². The van der Waals surface area contributed by atoms with Crippen LogP contribution in [-0.4, -0.2) is 45.7 Å². The van der Waals surface area contributed by atoms with Gasteiger partial charge in [-0.3, -0.25) is 14.8 Å². The molecule has 1 aromatic heterocycles. The molecule has 182 valence electrons. The second kappa shape index (κ2) is 11.1. The summed E-state index contributed by atoms with van der Waals surface area (Å²) in [5.41, 5.74) is 2.48. The molecular formula is C25H38N4O4. The Labute approximate surface area is 196 Å². The van der Waals surface area contributed by atoms with Crippen molar-refractivity contribution in [3.8, 4) is 0 Å². The highest BCUT2D eigenvalue weighted by Crippen LogP contribution is 2.34. The summed E-state index contributed by atoms with van der Waals surface area (Å²) in [5.74, 6) is 0.495. The smallest absolute Gasteiger partial charge is 0.233 e. The molecule has 8 heteroatoms. The lowest BCUT2D eigenvalue weighted by atomic mass is 9.85. The molecule has 0 radical (unpaired) electrons. The molecule has 1 aliphatic carbocycles. The average Bonchev–Trinajstić information content (AvgIpc) is 3.43. The van der Waals surface area contributed by atoms with Gasteiger partial charge in [0.25, 0.3) is 0 Å². The zero-order chi connectivity index (χ0) is 24.0. The third-order valence-electron chi connectivity index (χ3n) is 6.46. The number of fused-ring (bicyclic) bond motifs is 1. The first-order valence-corrected chi connectivity index (χ1v) is 12.0. The van der Waals surface area contributed by atoms with Crippen LogP contribution in [0.4, 0.5) is 0 Å². The van der Waals surface area contributed by atoms with Crippen molar-refractivity contribution >= 4 is 23.4 Å². The maximum absolute atomic E-state index is 13.4. The van der Waals surface area contributed by atoms with E-state index in [0.29, 0.717) is 42.9 Å². The number of benzene rings is 1. The Bertz CT molecular complexity index is 930. The number of carbonyl (C=O) groups is 2. The Morgan fingerprint density at radius 1 is 1.36 bits per heavy atom. The van der Waals surface area contributed by atoms with Gasteiger partial charge < -0.3 is 15.0 Å². The number of hydrogen-bond acceptors (Lipinski definition) is 5. The standard InChI is InChI=1S/C25H38N4O4/c1-5-33-15-18-10-11-20-21(13-18)27-23(26-20)22(25(2,3)4)28-24(31)19(14-29(32)16-30)12-17-8-6-7-9-17/h10-11,13,16-17,19,22,32H,5-9,12,14-15H2,1-4H3,(H,26,27)(H,28,31)/t19?,22-/m1/s1. The summed E-state index contributed by atoms with van der Waals surface area (Å²) in [5, 5.41) is 13.6. The van der Waals surface area contributed by atoms with Crippen molar-refractivity contribution in [1.29, 1.82) is 0 Å². The maximum atomic E-state index is 13.4. The Hall–Kier alpha value is -2.45. The molecule has 3 rings (SSSR count). The molecule has 33 heavy (non-hydrogen) atoms. The van der Waals surface area contributed by atoms with E-state index in [4.69, 9.17) is 9.72 Å². The van der Waals surface area contributed by atoms with E-state index >= 15 is 0 Å². The van der Waals surface area contributed by atoms with Crippen LogP contribution in [0.2, 0.25) is 0 Å². The van der Waals surface area contributed by atoms with Gasteiger partial charge in [-0.2, -0.15) is 0 Å². The molecule has 2 aromatic rings. The summed E-state index contributed by atoms with van der Waals surface area (Å²) in [7, 11) is 0. The molecule has 0 aliphatic heterocycles. The zero-order valence-electron chi connectivity index (χ0n) is 20.3. The Kier molecular flexibility index (Phi) is 8.48. The normalized spacial score (nSPS) is 16.6. The highest BCUT2D eigenvalue weighted by molar-refractivity contribution is 5.80. The molecule has 8 nitrogen and oxygen atoms in total. The molecule has 0 spiro atoms. The van der Waals surface area contributed by atoms with Crippen LogP contribution in [-0.2, 0) is 20.9 Å². The molecule has 2 amide bonds. The van der Waals surface area contributed by atoms with Crippen LogP contribution in [0.25, 0.3) is 11.0 Å². The van der Waals surface area contributed by atoms with Crippen LogP contribution in [0.15, 0.2) is 18.2 Å². The lowest BCUT2D eigenvalue weighted by Crippen LogP contribution is -2.43.